The van der Waals surface area contributed by atoms with Gasteiger partial charge in [-0.3, -0.25) is 0 Å². The number of fused-ring (bicyclic) bond motifs is 1. The summed E-state index contributed by atoms with van der Waals surface area (Å²) in [5, 5.41) is 13.3. The Balaban J connectivity index is 2.70. The molecule has 68 valence electrons. The van der Waals surface area contributed by atoms with Crippen LogP contribution in [0.4, 0.5) is 0 Å². The van der Waals surface area contributed by atoms with Gasteiger partial charge in [-0.25, -0.2) is 4.98 Å². The Labute approximate surface area is 75.1 Å². The van der Waals surface area contributed by atoms with Crippen molar-refractivity contribution in [3.63, 3.8) is 0 Å². The van der Waals surface area contributed by atoms with Gasteiger partial charge >= 0.3 is 0 Å². The molecule has 2 aromatic rings. The summed E-state index contributed by atoms with van der Waals surface area (Å²) in [6.45, 7) is 4.02. The average Bonchev–Trinajstić information content (AvgIpc) is 2.51. The van der Waals surface area contributed by atoms with E-state index in [2.05, 4.69) is 15.1 Å². The molecule has 0 saturated heterocycles. The first-order valence-electron chi connectivity index (χ1n) is 4.08. The smallest absolute Gasteiger partial charge is 0.255 e. The zero-order valence-corrected chi connectivity index (χ0v) is 7.47. The highest BCUT2D eigenvalue weighted by molar-refractivity contribution is 5.33. The van der Waals surface area contributed by atoms with Crippen molar-refractivity contribution in [2.75, 3.05) is 0 Å². The molecule has 1 N–H and O–H groups in total. The zero-order chi connectivity index (χ0) is 9.42. The molecule has 0 amide bonds. The van der Waals surface area contributed by atoms with Crippen molar-refractivity contribution in [2.24, 2.45) is 0 Å². The quantitative estimate of drug-likeness (QED) is 0.706. The van der Waals surface area contributed by atoms with Gasteiger partial charge in [0.1, 0.15) is 6.33 Å². The predicted octanol–water partition coefficient (Wildman–Crippen LogP) is 0.953. The normalized spacial score (nSPS) is 11.3. The maximum Gasteiger partial charge on any atom is 0.255 e. The van der Waals surface area contributed by atoms with E-state index in [-0.39, 0.29) is 11.8 Å². The van der Waals surface area contributed by atoms with Crippen LogP contribution in [0.2, 0.25) is 0 Å². The second-order valence-corrected chi connectivity index (χ2v) is 3.17. The number of aromatic hydroxyl groups is 1. The van der Waals surface area contributed by atoms with Crippen LogP contribution in [0.1, 0.15) is 25.5 Å². The minimum Gasteiger partial charge on any atom is -0.493 e. The molecule has 0 aliphatic rings. The molecule has 0 fully saturated rings. The molecule has 0 radical (unpaired) electrons. The van der Waals surface area contributed by atoms with Crippen LogP contribution in [-0.2, 0) is 0 Å². The molecule has 13 heavy (non-hydrogen) atoms. The molecule has 0 atom stereocenters. The van der Waals surface area contributed by atoms with Gasteiger partial charge in [0.05, 0.1) is 5.69 Å². The van der Waals surface area contributed by atoms with Crippen LogP contribution in [0, 0.1) is 0 Å². The van der Waals surface area contributed by atoms with Gasteiger partial charge < -0.3 is 5.11 Å². The van der Waals surface area contributed by atoms with Gasteiger partial charge in [-0.15, -0.1) is 0 Å². The lowest BCUT2D eigenvalue weighted by Gasteiger charge is -2.04. The number of hydrogen-bond acceptors (Lipinski definition) is 4. The van der Waals surface area contributed by atoms with Crippen molar-refractivity contribution >= 4 is 5.78 Å². The summed E-state index contributed by atoms with van der Waals surface area (Å²) in [4.78, 5) is 8.13. The molecule has 2 aromatic heterocycles. The van der Waals surface area contributed by atoms with E-state index in [0.717, 1.165) is 5.69 Å². The zero-order valence-electron chi connectivity index (χ0n) is 7.47. The van der Waals surface area contributed by atoms with Crippen LogP contribution < -0.4 is 0 Å². The van der Waals surface area contributed by atoms with Crippen molar-refractivity contribution in [3.05, 3.63) is 18.1 Å². The fourth-order valence-corrected chi connectivity index (χ4v) is 1.11. The van der Waals surface area contributed by atoms with Gasteiger partial charge in [0, 0.05) is 6.07 Å². The van der Waals surface area contributed by atoms with E-state index in [1.165, 1.54) is 10.8 Å². The standard InChI is InChI=1S/C8H10N4O/c1-5(2)6-3-7(13)12-8(11-6)9-4-10-12/h3-5,13H,1-2H3. The van der Waals surface area contributed by atoms with Crippen LogP contribution >= 0.6 is 0 Å². The number of aromatic nitrogens is 4. The molecule has 0 bridgehead atoms. The first-order chi connectivity index (χ1) is 6.18. The van der Waals surface area contributed by atoms with Crippen molar-refractivity contribution in [3.8, 4) is 5.88 Å². The number of rotatable bonds is 1. The van der Waals surface area contributed by atoms with Crippen molar-refractivity contribution < 1.29 is 5.11 Å². The number of nitrogens with zero attached hydrogens (tertiary/aromatic N) is 4. The lowest BCUT2D eigenvalue weighted by atomic mass is 10.1. The van der Waals surface area contributed by atoms with Crippen molar-refractivity contribution in [1.82, 2.24) is 19.6 Å². The highest BCUT2D eigenvalue weighted by atomic mass is 16.3. The minimum atomic E-state index is 0.0752. The third kappa shape index (κ3) is 1.22. The minimum absolute atomic E-state index is 0.0752. The Morgan fingerprint density at radius 1 is 1.46 bits per heavy atom. The molecule has 0 spiro atoms. The fourth-order valence-electron chi connectivity index (χ4n) is 1.11. The van der Waals surface area contributed by atoms with Crippen LogP contribution in [0.25, 0.3) is 5.78 Å². The summed E-state index contributed by atoms with van der Waals surface area (Å²) in [6.07, 6.45) is 1.37. The van der Waals surface area contributed by atoms with E-state index in [1.807, 2.05) is 13.8 Å². The molecule has 5 heteroatoms. The van der Waals surface area contributed by atoms with Gasteiger partial charge in [0.15, 0.2) is 0 Å². The molecule has 0 aliphatic carbocycles. The largest absolute Gasteiger partial charge is 0.493 e. The SMILES string of the molecule is CC(C)c1cc(O)n2ncnc2n1. The van der Waals surface area contributed by atoms with E-state index in [1.54, 1.807) is 6.07 Å². The summed E-state index contributed by atoms with van der Waals surface area (Å²) in [7, 11) is 0. The lowest BCUT2D eigenvalue weighted by Crippen LogP contribution is -1.98. The Kier molecular flexibility index (Phi) is 1.65. The molecule has 2 heterocycles. The lowest BCUT2D eigenvalue weighted by molar-refractivity contribution is 0.433. The molecule has 0 aromatic carbocycles. The summed E-state index contributed by atoms with van der Waals surface area (Å²) < 4.78 is 1.30. The van der Waals surface area contributed by atoms with Gasteiger partial charge in [-0.2, -0.15) is 14.6 Å². The van der Waals surface area contributed by atoms with Gasteiger partial charge in [-0.05, 0) is 5.92 Å². The van der Waals surface area contributed by atoms with Crippen LogP contribution in [0.5, 0.6) is 5.88 Å². The van der Waals surface area contributed by atoms with Crippen LogP contribution in [-0.4, -0.2) is 24.7 Å². The highest BCUT2D eigenvalue weighted by Crippen LogP contribution is 2.17. The Morgan fingerprint density at radius 2 is 2.23 bits per heavy atom. The third-order valence-corrected chi connectivity index (χ3v) is 1.84. The number of hydrogen-bond donors (Lipinski definition) is 1. The second kappa shape index (κ2) is 2.69. The van der Waals surface area contributed by atoms with Crippen LogP contribution in [0.3, 0.4) is 0 Å². The Bertz CT molecular complexity index is 435. The topological polar surface area (TPSA) is 63.3 Å². The third-order valence-electron chi connectivity index (χ3n) is 1.84. The van der Waals surface area contributed by atoms with Crippen molar-refractivity contribution in [2.45, 2.75) is 19.8 Å². The average molecular weight is 178 g/mol. The predicted molar refractivity (Wildman–Crippen MR) is 46.5 cm³/mol. The molecular weight excluding hydrogens is 168 g/mol. The first kappa shape index (κ1) is 7.97. The van der Waals surface area contributed by atoms with E-state index < -0.39 is 0 Å². The highest BCUT2D eigenvalue weighted by Gasteiger charge is 2.08. The summed E-state index contributed by atoms with van der Waals surface area (Å²) in [6, 6.07) is 1.60. The second-order valence-electron chi connectivity index (χ2n) is 3.17. The van der Waals surface area contributed by atoms with E-state index >= 15 is 0 Å². The molecule has 0 saturated carbocycles. The van der Waals surface area contributed by atoms with Crippen LogP contribution in [0.15, 0.2) is 12.4 Å². The van der Waals surface area contributed by atoms with Gasteiger partial charge in [-0.1, -0.05) is 13.8 Å². The van der Waals surface area contributed by atoms with E-state index in [9.17, 15) is 5.11 Å². The summed E-state index contributed by atoms with van der Waals surface area (Å²) in [5.41, 5.74) is 0.818. The van der Waals surface area contributed by atoms with E-state index in [4.69, 9.17) is 0 Å². The Hall–Kier alpha value is -1.65. The maximum absolute atomic E-state index is 9.51. The van der Waals surface area contributed by atoms with Gasteiger partial charge in [0.25, 0.3) is 5.78 Å². The fraction of sp³-hybridized carbons (Fsp3) is 0.375. The first-order valence-corrected chi connectivity index (χ1v) is 4.08. The maximum atomic E-state index is 9.51. The molecular formula is C8H10N4O. The molecule has 5 nitrogen and oxygen atoms in total. The molecule has 2 rings (SSSR count). The monoisotopic (exact) mass is 178 g/mol. The van der Waals surface area contributed by atoms with E-state index in [0.29, 0.717) is 5.78 Å². The van der Waals surface area contributed by atoms with Gasteiger partial charge in [0.2, 0.25) is 5.88 Å². The Morgan fingerprint density at radius 3 is 2.92 bits per heavy atom. The van der Waals surface area contributed by atoms with Crippen molar-refractivity contribution in [1.29, 1.82) is 0 Å². The molecule has 0 unspecified atom stereocenters. The molecule has 0 aliphatic heterocycles. The summed E-state index contributed by atoms with van der Waals surface area (Å²) >= 11 is 0. The summed E-state index contributed by atoms with van der Waals surface area (Å²) in [5.74, 6) is 0.780.